The summed E-state index contributed by atoms with van der Waals surface area (Å²) in [6.45, 7) is 5.35. The Balaban J connectivity index is 0.00000341. The zero-order valence-corrected chi connectivity index (χ0v) is 21.2. The zero-order chi connectivity index (χ0) is 21.7. The lowest BCUT2D eigenvalue weighted by molar-refractivity contribution is 0.477. The Hall–Kier alpha value is -1.72. The van der Waals surface area contributed by atoms with Crippen molar-refractivity contribution >= 4 is 40.0 Å². The number of nitrogens with one attached hydrogen (secondary N) is 2. The first-order valence-corrected chi connectivity index (χ1v) is 11.6. The third-order valence-corrected chi connectivity index (χ3v) is 7.27. The lowest BCUT2D eigenvalue weighted by Crippen LogP contribution is -2.38. The largest absolute Gasteiger partial charge is 0.352 e. The number of aryl methyl sites for hydroxylation is 1. The van der Waals surface area contributed by atoms with Gasteiger partial charge in [-0.1, -0.05) is 24.3 Å². The predicted octanol–water partition coefficient (Wildman–Crippen LogP) is 3.96. The second kappa shape index (κ2) is 11.2. The van der Waals surface area contributed by atoms with Crippen LogP contribution in [0.4, 0.5) is 4.39 Å². The highest BCUT2D eigenvalue weighted by Gasteiger charge is 2.26. The number of aliphatic imine (C=N–C) groups is 1. The van der Waals surface area contributed by atoms with Crippen molar-refractivity contribution in [2.45, 2.75) is 44.2 Å². The maximum Gasteiger partial charge on any atom is 0.243 e. The minimum atomic E-state index is -3.40. The number of benzene rings is 2. The number of nitrogens with zero attached hydrogens (tertiary/aromatic N) is 2. The van der Waals surface area contributed by atoms with E-state index >= 15 is 0 Å². The van der Waals surface area contributed by atoms with Gasteiger partial charge in [-0.2, -0.15) is 4.31 Å². The molecule has 0 aromatic heterocycles. The van der Waals surface area contributed by atoms with E-state index in [1.165, 1.54) is 6.07 Å². The van der Waals surface area contributed by atoms with Gasteiger partial charge in [0.2, 0.25) is 10.0 Å². The van der Waals surface area contributed by atoms with Crippen molar-refractivity contribution in [2.75, 3.05) is 20.1 Å². The van der Waals surface area contributed by atoms with Crippen molar-refractivity contribution in [3.8, 4) is 0 Å². The minimum absolute atomic E-state index is 0. The lowest BCUT2D eigenvalue weighted by atomic mass is 10.1. The van der Waals surface area contributed by atoms with Crippen molar-refractivity contribution in [1.29, 1.82) is 0 Å². The number of halogens is 2. The summed E-state index contributed by atoms with van der Waals surface area (Å²) in [7, 11) is -1.73. The van der Waals surface area contributed by atoms with E-state index in [2.05, 4.69) is 15.6 Å². The Morgan fingerprint density at radius 2 is 1.81 bits per heavy atom. The molecule has 0 saturated carbocycles. The molecule has 0 aliphatic carbocycles. The maximum atomic E-state index is 13.8. The molecule has 6 nitrogen and oxygen atoms in total. The highest BCUT2D eigenvalue weighted by atomic mass is 127. The average molecular weight is 560 g/mol. The first kappa shape index (κ1) is 25.5. The Morgan fingerprint density at radius 3 is 2.39 bits per heavy atom. The quantitative estimate of drug-likeness (QED) is 0.319. The van der Waals surface area contributed by atoms with Gasteiger partial charge in [0.25, 0.3) is 0 Å². The van der Waals surface area contributed by atoms with E-state index in [1.807, 2.05) is 25.1 Å². The molecule has 0 spiro atoms. The van der Waals surface area contributed by atoms with Gasteiger partial charge in [0.15, 0.2) is 5.96 Å². The van der Waals surface area contributed by atoms with Gasteiger partial charge in [-0.25, -0.2) is 12.8 Å². The molecule has 31 heavy (non-hydrogen) atoms. The summed E-state index contributed by atoms with van der Waals surface area (Å²) in [5.41, 5.74) is 2.38. The van der Waals surface area contributed by atoms with Gasteiger partial charge >= 0.3 is 0 Å². The summed E-state index contributed by atoms with van der Waals surface area (Å²) in [6, 6.07) is 12.0. The fraction of sp³-hybridized carbons (Fsp3) is 0.409. The molecule has 1 aliphatic rings. The minimum Gasteiger partial charge on any atom is -0.352 e. The molecule has 9 heteroatoms. The molecule has 170 valence electrons. The molecule has 0 amide bonds. The highest BCUT2D eigenvalue weighted by Crippen LogP contribution is 2.21. The van der Waals surface area contributed by atoms with Crippen LogP contribution in [0.3, 0.4) is 0 Å². The first-order chi connectivity index (χ1) is 14.3. The van der Waals surface area contributed by atoms with Crippen molar-refractivity contribution in [3.05, 3.63) is 65.0 Å². The van der Waals surface area contributed by atoms with E-state index in [4.69, 9.17) is 0 Å². The van der Waals surface area contributed by atoms with Crippen molar-refractivity contribution in [2.24, 2.45) is 4.99 Å². The average Bonchev–Trinajstić information content (AvgIpc) is 3.29. The van der Waals surface area contributed by atoms with Crippen LogP contribution >= 0.6 is 24.0 Å². The topological polar surface area (TPSA) is 73.8 Å². The number of sulfonamides is 1. The molecular formula is C22H30FIN4O2S. The van der Waals surface area contributed by atoms with Gasteiger partial charge in [-0.3, -0.25) is 4.99 Å². The molecule has 1 fully saturated rings. The molecule has 2 aromatic carbocycles. The summed E-state index contributed by atoms with van der Waals surface area (Å²) in [5, 5.41) is 6.45. The molecule has 1 aliphatic heterocycles. The monoisotopic (exact) mass is 560 g/mol. The molecule has 1 unspecified atom stereocenters. The van der Waals surface area contributed by atoms with Crippen LogP contribution in [0.2, 0.25) is 0 Å². The number of guanidine groups is 1. The number of rotatable bonds is 6. The second-order valence-corrected chi connectivity index (χ2v) is 9.49. The number of hydrogen-bond acceptors (Lipinski definition) is 3. The van der Waals surface area contributed by atoms with Gasteiger partial charge in [-0.05, 0) is 61.6 Å². The van der Waals surface area contributed by atoms with Crippen LogP contribution in [-0.2, 0) is 16.6 Å². The van der Waals surface area contributed by atoms with Crippen LogP contribution in [0, 0.1) is 12.7 Å². The molecule has 1 heterocycles. The predicted molar refractivity (Wildman–Crippen MR) is 133 cm³/mol. The maximum absolute atomic E-state index is 13.8. The van der Waals surface area contributed by atoms with E-state index in [9.17, 15) is 12.8 Å². The van der Waals surface area contributed by atoms with E-state index in [0.717, 1.165) is 24.0 Å². The Morgan fingerprint density at radius 1 is 1.16 bits per heavy atom. The molecule has 1 saturated heterocycles. The van der Waals surface area contributed by atoms with Gasteiger partial charge in [-0.15, -0.1) is 24.0 Å². The van der Waals surface area contributed by atoms with E-state index in [-0.39, 0.29) is 35.8 Å². The summed E-state index contributed by atoms with van der Waals surface area (Å²) in [4.78, 5) is 4.54. The van der Waals surface area contributed by atoms with Crippen molar-refractivity contribution < 1.29 is 12.8 Å². The van der Waals surface area contributed by atoms with Gasteiger partial charge in [0.05, 0.1) is 10.9 Å². The standard InChI is InChI=1S/C22H29FN4O2S.HI/c1-16-6-9-19(14-21(16)23)17(2)26-22(24-3)25-15-18-7-10-20(11-8-18)30(28,29)27-12-4-5-13-27;/h6-11,14,17H,4-5,12-13,15H2,1-3H3,(H2,24,25,26);1H. The fourth-order valence-corrected chi connectivity index (χ4v) is 4.92. The zero-order valence-electron chi connectivity index (χ0n) is 18.1. The molecule has 0 bridgehead atoms. The van der Waals surface area contributed by atoms with Crippen LogP contribution in [0.5, 0.6) is 0 Å². The smallest absolute Gasteiger partial charge is 0.243 e. The van der Waals surface area contributed by atoms with E-state index in [0.29, 0.717) is 36.1 Å². The van der Waals surface area contributed by atoms with Gasteiger partial charge < -0.3 is 10.6 Å². The summed E-state index contributed by atoms with van der Waals surface area (Å²) in [5.74, 6) is 0.352. The Labute approximate surface area is 201 Å². The summed E-state index contributed by atoms with van der Waals surface area (Å²) < 4.78 is 40.6. The molecule has 1 atom stereocenters. The first-order valence-electron chi connectivity index (χ1n) is 10.1. The third-order valence-electron chi connectivity index (χ3n) is 5.36. The van der Waals surface area contributed by atoms with E-state index < -0.39 is 10.0 Å². The Kier molecular flexibility index (Phi) is 9.26. The molecule has 2 N–H and O–H groups in total. The van der Waals surface area contributed by atoms with Crippen LogP contribution in [0.25, 0.3) is 0 Å². The fourth-order valence-electron chi connectivity index (χ4n) is 3.40. The van der Waals surface area contributed by atoms with Gasteiger partial charge in [0.1, 0.15) is 5.82 Å². The van der Waals surface area contributed by atoms with Crippen molar-refractivity contribution in [1.82, 2.24) is 14.9 Å². The molecule has 2 aromatic rings. The van der Waals surface area contributed by atoms with Gasteiger partial charge in [0, 0.05) is 26.7 Å². The SMILES string of the molecule is CN=C(NCc1ccc(S(=O)(=O)N2CCCC2)cc1)NC(C)c1ccc(C)c(F)c1.I. The van der Waals surface area contributed by atoms with E-state index in [1.54, 1.807) is 36.5 Å². The lowest BCUT2D eigenvalue weighted by Gasteiger charge is -2.19. The molecule has 3 rings (SSSR count). The van der Waals surface area contributed by atoms with Crippen LogP contribution in [0.15, 0.2) is 52.4 Å². The normalized spacial score (nSPS) is 15.9. The third kappa shape index (κ3) is 6.39. The van der Waals surface area contributed by atoms with Crippen LogP contribution in [-0.4, -0.2) is 38.8 Å². The van der Waals surface area contributed by atoms with Crippen molar-refractivity contribution in [3.63, 3.8) is 0 Å². The Bertz CT molecular complexity index is 1010. The second-order valence-electron chi connectivity index (χ2n) is 7.56. The summed E-state index contributed by atoms with van der Waals surface area (Å²) in [6.07, 6.45) is 1.84. The number of hydrogen-bond donors (Lipinski definition) is 2. The molecule has 0 radical (unpaired) electrons. The van der Waals surface area contributed by atoms with Crippen LogP contribution in [0.1, 0.15) is 42.5 Å². The summed E-state index contributed by atoms with van der Waals surface area (Å²) >= 11 is 0. The molecular weight excluding hydrogens is 530 g/mol. The highest BCUT2D eigenvalue weighted by molar-refractivity contribution is 14.0. The van der Waals surface area contributed by atoms with Crippen LogP contribution < -0.4 is 10.6 Å².